The number of rotatable bonds is 5. The summed E-state index contributed by atoms with van der Waals surface area (Å²) < 4.78 is 22.4. The van der Waals surface area contributed by atoms with Gasteiger partial charge in [-0.3, -0.25) is 14.4 Å². The molecule has 1 unspecified atom stereocenters. The molecule has 8 nitrogen and oxygen atoms in total. The van der Waals surface area contributed by atoms with E-state index in [9.17, 15) is 19.5 Å². The Balaban J connectivity index is 2.64. The van der Waals surface area contributed by atoms with Gasteiger partial charge in [0.25, 0.3) is 0 Å². The highest BCUT2D eigenvalue weighted by Crippen LogP contribution is 2.45. The molecule has 28 heavy (non-hydrogen) atoms. The summed E-state index contributed by atoms with van der Waals surface area (Å²) in [5, 5.41) is 9.85. The highest BCUT2D eigenvalue weighted by Gasteiger charge is 2.60. The van der Waals surface area contributed by atoms with E-state index in [0.717, 1.165) is 5.56 Å². The van der Waals surface area contributed by atoms with Crippen LogP contribution in [0.25, 0.3) is 0 Å². The summed E-state index contributed by atoms with van der Waals surface area (Å²) in [4.78, 5) is 35.4. The van der Waals surface area contributed by atoms with E-state index >= 15 is 0 Å². The average Bonchev–Trinajstić information content (AvgIpc) is 2.58. The van der Waals surface area contributed by atoms with E-state index in [1.807, 2.05) is 19.1 Å². The lowest BCUT2D eigenvalue weighted by molar-refractivity contribution is -0.285. The van der Waals surface area contributed by atoms with Crippen molar-refractivity contribution in [1.29, 1.82) is 0 Å². The minimum atomic E-state index is -1.50. The van der Waals surface area contributed by atoms with Crippen LogP contribution < -0.4 is 0 Å². The Morgan fingerprint density at radius 1 is 1.07 bits per heavy atom. The molecule has 1 fully saturated rings. The van der Waals surface area contributed by atoms with Crippen LogP contribution in [0.1, 0.15) is 44.9 Å². The monoisotopic (exact) mass is 394 g/mol. The van der Waals surface area contributed by atoms with Crippen LogP contribution in [0.2, 0.25) is 0 Å². The van der Waals surface area contributed by atoms with E-state index in [2.05, 4.69) is 0 Å². The normalized spacial score (nSPS) is 29.6. The van der Waals surface area contributed by atoms with Gasteiger partial charge < -0.3 is 24.1 Å². The van der Waals surface area contributed by atoms with Gasteiger partial charge in [0.2, 0.25) is 0 Å². The smallest absolute Gasteiger partial charge is 0.303 e. The molecule has 1 aromatic rings. The van der Waals surface area contributed by atoms with Crippen LogP contribution in [0.3, 0.4) is 0 Å². The number of aryl methyl sites for hydroxylation is 1. The van der Waals surface area contributed by atoms with Crippen LogP contribution in [0, 0.1) is 6.92 Å². The predicted molar refractivity (Wildman–Crippen MR) is 97.2 cm³/mol. The van der Waals surface area contributed by atoms with Crippen molar-refractivity contribution in [1.82, 2.24) is 0 Å². The zero-order chi connectivity index (χ0) is 21.1. The molecule has 1 aromatic carbocycles. The van der Waals surface area contributed by atoms with Gasteiger partial charge in [-0.2, -0.15) is 0 Å². The van der Waals surface area contributed by atoms with Crippen molar-refractivity contribution in [3.05, 3.63) is 35.4 Å². The summed E-state index contributed by atoms with van der Waals surface area (Å²) in [5.74, 6) is -1.92. The van der Waals surface area contributed by atoms with Crippen LogP contribution in [-0.2, 0) is 33.3 Å². The Morgan fingerprint density at radius 3 is 2.18 bits per heavy atom. The van der Waals surface area contributed by atoms with E-state index in [-0.39, 0.29) is 0 Å². The summed E-state index contributed by atoms with van der Waals surface area (Å²) in [5.41, 5.74) is 0.0493. The molecule has 1 heterocycles. The maximum absolute atomic E-state index is 11.9. The first-order valence-corrected chi connectivity index (χ1v) is 8.96. The van der Waals surface area contributed by atoms with Crippen molar-refractivity contribution >= 4 is 17.9 Å². The Morgan fingerprint density at radius 2 is 1.68 bits per heavy atom. The second-order valence-electron chi connectivity index (χ2n) is 6.98. The SMILES string of the molecule is CC(=O)O[C@@H]1[C@@H](CO)OC(c2ccccc2C)[C@](C)(OC(C)=O)[C@H]1OC(C)=O. The maximum atomic E-state index is 11.9. The van der Waals surface area contributed by atoms with Gasteiger partial charge >= 0.3 is 17.9 Å². The fraction of sp³-hybridized carbons (Fsp3) is 0.550. The van der Waals surface area contributed by atoms with Gasteiger partial charge in [0.05, 0.1) is 6.61 Å². The fourth-order valence-corrected chi connectivity index (χ4v) is 3.58. The second-order valence-corrected chi connectivity index (χ2v) is 6.98. The van der Waals surface area contributed by atoms with E-state index < -0.39 is 54.5 Å². The Bertz CT molecular complexity index is 745. The van der Waals surface area contributed by atoms with Gasteiger partial charge in [-0.1, -0.05) is 24.3 Å². The molecular formula is C20H26O8. The number of aliphatic hydroxyl groups is 1. The van der Waals surface area contributed by atoms with Gasteiger partial charge in [-0.05, 0) is 25.0 Å². The molecule has 1 aliphatic heterocycles. The lowest BCUT2D eigenvalue weighted by Gasteiger charge is -2.50. The van der Waals surface area contributed by atoms with Crippen molar-refractivity contribution in [3.63, 3.8) is 0 Å². The van der Waals surface area contributed by atoms with Crippen molar-refractivity contribution in [2.45, 2.75) is 64.6 Å². The van der Waals surface area contributed by atoms with Crippen molar-refractivity contribution < 1.29 is 38.4 Å². The van der Waals surface area contributed by atoms with E-state index in [1.54, 1.807) is 19.1 Å². The summed E-state index contributed by atoms with van der Waals surface area (Å²) in [6.07, 6.45) is -4.20. The van der Waals surface area contributed by atoms with Gasteiger partial charge in [0, 0.05) is 20.8 Å². The van der Waals surface area contributed by atoms with E-state index in [0.29, 0.717) is 5.56 Å². The summed E-state index contributed by atoms with van der Waals surface area (Å²) in [6, 6.07) is 7.30. The third-order valence-electron chi connectivity index (χ3n) is 4.67. The third kappa shape index (κ3) is 4.51. The van der Waals surface area contributed by atoms with Crippen molar-refractivity contribution in [3.8, 4) is 0 Å². The second kappa shape index (κ2) is 8.70. The van der Waals surface area contributed by atoms with Gasteiger partial charge in [0.15, 0.2) is 17.8 Å². The number of esters is 3. The number of ether oxygens (including phenoxy) is 4. The molecule has 1 saturated heterocycles. The first-order valence-electron chi connectivity index (χ1n) is 8.96. The standard InChI is InChI=1S/C20H26O8/c1-11-8-6-7-9-15(11)18-20(5,28-14(4)24)19(26-13(3)23)17(25-12(2)22)16(10-21)27-18/h6-9,16-19,21H,10H2,1-5H3/t16-,17-,18?,19+,20+/m1/s1. The number of hydrogen-bond donors (Lipinski definition) is 1. The van der Waals surface area contributed by atoms with Crippen LogP contribution in [-0.4, -0.2) is 53.5 Å². The molecule has 8 heteroatoms. The molecule has 1 N–H and O–H groups in total. The van der Waals surface area contributed by atoms with Crippen LogP contribution in [0.5, 0.6) is 0 Å². The van der Waals surface area contributed by atoms with Gasteiger partial charge in [-0.25, -0.2) is 0 Å². The molecule has 154 valence electrons. The first-order chi connectivity index (χ1) is 13.1. The Hall–Kier alpha value is -2.45. The number of carbonyl (C=O) groups excluding carboxylic acids is 3. The third-order valence-corrected chi connectivity index (χ3v) is 4.67. The first kappa shape index (κ1) is 21.8. The zero-order valence-electron chi connectivity index (χ0n) is 16.6. The molecule has 0 aliphatic carbocycles. The van der Waals surface area contributed by atoms with E-state index in [1.165, 1.54) is 20.8 Å². The van der Waals surface area contributed by atoms with E-state index in [4.69, 9.17) is 18.9 Å². The van der Waals surface area contributed by atoms with Crippen LogP contribution in [0.4, 0.5) is 0 Å². The summed E-state index contributed by atoms with van der Waals surface area (Å²) in [7, 11) is 0. The molecule has 0 radical (unpaired) electrons. The molecule has 0 saturated carbocycles. The topological polar surface area (TPSA) is 108 Å². The quantitative estimate of drug-likeness (QED) is 0.593. The van der Waals surface area contributed by atoms with Gasteiger partial charge in [0.1, 0.15) is 12.2 Å². The molecule has 1 aliphatic rings. The van der Waals surface area contributed by atoms with Crippen molar-refractivity contribution in [2.24, 2.45) is 0 Å². The molecule has 0 spiro atoms. The minimum absolute atomic E-state index is 0.492. The predicted octanol–water partition coefficient (Wildman–Crippen LogP) is 1.61. The minimum Gasteiger partial charge on any atom is -0.456 e. The fourth-order valence-electron chi connectivity index (χ4n) is 3.58. The highest BCUT2D eigenvalue weighted by atomic mass is 16.7. The molecule has 5 atom stereocenters. The number of hydrogen-bond acceptors (Lipinski definition) is 8. The molecular weight excluding hydrogens is 368 g/mol. The molecule has 2 rings (SSSR count). The van der Waals surface area contributed by atoms with Crippen LogP contribution >= 0.6 is 0 Å². The highest BCUT2D eigenvalue weighted by molar-refractivity contribution is 5.69. The lowest BCUT2D eigenvalue weighted by atomic mass is 9.79. The zero-order valence-corrected chi connectivity index (χ0v) is 16.6. The number of benzene rings is 1. The Labute approximate surface area is 163 Å². The molecule has 0 bridgehead atoms. The average molecular weight is 394 g/mol. The van der Waals surface area contributed by atoms with Crippen molar-refractivity contribution in [2.75, 3.05) is 6.61 Å². The number of carbonyl (C=O) groups is 3. The van der Waals surface area contributed by atoms with Gasteiger partial charge in [-0.15, -0.1) is 0 Å². The van der Waals surface area contributed by atoms with Crippen LogP contribution in [0.15, 0.2) is 24.3 Å². The number of aliphatic hydroxyl groups excluding tert-OH is 1. The largest absolute Gasteiger partial charge is 0.456 e. The summed E-state index contributed by atoms with van der Waals surface area (Å²) >= 11 is 0. The molecule has 0 amide bonds. The lowest BCUT2D eigenvalue weighted by Crippen LogP contribution is -2.65. The summed E-state index contributed by atoms with van der Waals surface area (Å²) in [6.45, 7) is 6.54. The maximum Gasteiger partial charge on any atom is 0.303 e. The molecule has 0 aromatic heterocycles. The Kier molecular flexibility index (Phi) is 6.79.